The number of thiazole rings is 1. The summed E-state index contributed by atoms with van der Waals surface area (Å²) in [6.45, 7) is 5.87. The van der Waals surface area contributed by atoms with Gasteiger partial charge in [0, 0.05) is 12.1 Å². The Labute approximate surface area is 162 Å². The van der Waals surface area contributed by atoms with Crippen molar-refractivity contribution in [3.8, 4) is 11.1 Å². The molecule has 0 saturated carbocycles. The molecule has 0 atom stereocenters. The van der Waals surface area contributed by atoms with Gasteiger partial charge in [0.05, 0.1) is 16.8 Å². The molecule has 3 aromatic rings. The van der Waals surface area contributed by atoms with Crippen LogP contribution in [0, 0.1) is 13.8 Å². The van der Waals surface area contributed by atoms with Crippen LogP contribution >= 0.6 is 23.7 Å². The Morgan fingerprint density at radius 2 is 1.96 bits per heavy atom. The van der Waals surface area contributed by atoms with Crippen LogP contribution in [0.25, 0.3) is 11.1 Å². The minimum Gasteiger partial charge on any atom is -0.361 e. The summed E-state index contributed by atoms with van der Waals surface area (Å²) >= 11 is 1.10. The summed E-state index contributed by atoms with van der Waals surface area (Å²) < 4.78 is 31.5. The molecule has 0 aliphatic carbocycles. The second kappa shape index (κ2) is 7.87. The second-order valence-corrected chi connectivity index (χ2v) is 8.99. The number of nitrogens with two attached hydrogens (primary N) is 1. The van der Waals surface area contributed by atoms with E-state index in [0.717, 1.165) is 40.1 Å². The van der Waals surface area contributed by atoms with Gasteiger partial charge in [0.1, 0.15) is 15.0 Å². The highest BCUT2D eigenvalue weighted by molar-refractivity contribution is 7.93. The number of aromatic nitrogens is 2. The normalized spacial score (nSPS) is 11.4. The Kier molecular flexibility index (Phi) is 6.23. The van der Waals surface area contributed by atoms with E-state index in [0.29, 0.717) is 10.8 Å². The van der Waals surface area contributed by atoms with Crippen LogP contribution in [-0.4, -0.2) is 18.6 Å². The van der Waals surface area contributed by atoms with Gasteiger partial charge in [-0.25, -0.2) is 13.4 Å². The predicted molar refractivity (Wildman–Crippen MR) is 103 cm³/mol. The fraction of sp³-hybridized carbons (Fsp3) is 0.294. The van der Waals surface area contributed by atoms with Crippen LogP contribution in [0.1, 0.15) is 28.9 Å². The summed E-state index contributed by atoms with van der Waals surface area (Å²) in [5.41, 5.74) is 8.83. The summed E-state index contributed by atoms with van der Waals surface area (Å²) in [5, 5.41) is 4.56. The molecule has 2 aromatic heterocycles. The number of halogens is 1. The van der Waals surface area contributed by atoms with Gasteiger partial charge in [-0.15, -0.1) is 23.7 Å². The first kappa shape index (κ1) is 20.6. The van der Waals surface area contributed by atoms with Crippen molar-refractivity contribution in [2.24, 2.45) is 5.73 Å². The van der Waals surface area contributed by atoms with Crippen LogP contribution in [0.4, 0.5) is 0 Å². The molecule has 0 spiro atoms. The summed E-state index contributed by atoms with van der Waals surface area (Å²) in [7, 11) is -3.65. The third-order valence-electron chi connectivity index (χ3n) is 3.98. The highest BCUT2D eigenvalue weighted by Gasteiger charge is 2.23. The van der Waals surface area contributed by atoms with E-state index in [2.05, 4.69) is 10.1 Å². The zero-order valence-electron chi connectivity index (χ0n) is 14.6. The van der Waals surface area contributed by atoms with Gasteiger partial charge in [-0.2, -0.15) is 0 Å². The van der Waals surface area contributed by atoms with Gasteiger partial charge in [-0.3, -0.25) is 0 Å². The molecular weight excluding hydrogens is 394 g/mol. The third kappa shape index (κ3) is 3.68. The molecule has 140 valence electrons. The number of benzene rings is 1. The molecule has 0 amide bonds. The van der Waals surface area contributed by atoms with Crippen LogP contribution in [-0.2, 0) is 22.8 Å². The third-order valence-corrected chi connectivity index (χ3v) is 7.19. The van der Waals surface area contributed by atoms with E-state index in [1.165, 1.54) is 6.20 Å². The fourth-order valence-corrected chi connectivity index (χ4v) is 5.24. The van der Waals surface area contributed by atoms with E-state index in [-0.39, 0.29) is 28.1 Å². The van der Waals surface area contributed by atoms with Crippen molar-refractivity contribution in [2.45, 2.75) is 42.8 Å². The van der Waals surface area contributed by atoms with Gasteiger partial charge < -0.3 is 10.3 Å². The van der Waals surface area contributed by atoms with E-state index in [1.54, 1.807) is 12.1 Å². The first-order valence-electron chi connectivity index (χ1n) is 7.84. The minimum atomic E-state index is -3.65. The van der Waals surface area contributed by atoms with Crippen molar-refractivity contribution in [1.29, 1.82) is 0 Å². The van der Waals surface area contributed by atoms with Crippen molar-refractivity contribution in [1.82, 2.24) is 10.1 Å². The lowest BCUT2D eigenvalue weighted by atomic mass is 10.0. The lowest BCUT2D eigenvalue weighted by molar-refractivity contribution is 0.393. The summed E-state index contributed by atoms with van der Waals surface area (Å²) in [6.07, 6.45) is 2.09. The molecule has 0 unspecified atom stereocenters. The molecule has 0 aliphatic rings. The Morgan fingerprint density at radius 1 is 1.23 bits per heavy atom. The Bertz CT molecular complexity index is 1010. The minimum absolute atomic E-state index is 0. The van der Waals surface area contributed by atoms with Crippen LogP contribution in [0.2, 0.25) is 0 Å². The topological polar surface area (TPSA) is 99.1 Å². The summed E-state index contributed by atoms with van der Waals surface area (Å²) in [4.78, 5) is 4.30. The second-order valence-electron chi connectivity index (χ2n) is 5.70. The Morgan fingerprint density at radius 3 is 2.50 bits per heavy atom. The Hall–Kier alpha value is -1.74. The lowest BCUT2D eigenvalue weighted by Crippen LogP contribution is -2.02. The number of aryl methyl sites for hydroxylation is 3. The molecule has 1 aromatic carbocycles. The van der Waals surface area contributed by atoms with Crippen molar-refractivity contribution in [3.05, 3.63) is 46.4 Å². The molecular formula is C17H20ClN3O3S2. The largest absolute Gasteiger partial charge is 0.361 e. The number of sulfone groups is 1. The van der Waals surface area contributed by atoms with E-state index >= 15 is 0 Å². The first-order valence-corrected chi connectivity index (χ1v) is 10.1. The highest BCUT2D eigenvalue weighted by Crippen LogP contribution is 2.33. The van der Waals surface area contributed by atoms with Crippen molar-refractivity contribution in [3.63, 3.8) is 0 Å². The summed E-state index contributed by atoms with van der Waals surface area (Å²) in [6, 6.07) is 5.35. The van der Waals surface area contributed by atoms with Gasteiger partial charge in [0.15, 0.2) is 0 Å². The molecule has 26 heavy (non-hydrogen) atoms. The Balaban J connectivity index is 0.00000243. The van der Waals surface area contributed by atoms with Crippen molar-refractivity contribution in [2.75, 3.05) is 0 Å². The molecule has 0 bridgehead atoms. The van der Waals surface area contributed by atoms with Gasteiger partial charge in [-0.05, 0) is 43.5 Å². The number of hydrogen-bond acceptors (Lipinski definition) is 7. The average Bonchev–Trinajstić information content (AvgIpc) is 3.21. The highest BCUT2D eigenvalue weighted by atomic mass is 35.5. The van der Waals surface area contributed by atoms with Crippen molar-refractivity contribution < 1.29 is 12.9 Å². The molecule has 6 nitrogen and oxygen atoms in total. The van der Waals surface area contributed by atoms with Gasteiger partial charge in [0.25, 0.3) is 0 Å². The quantitative estimate of drug-likeness (QED) is 0.684. The zero-order valence-corrected chi connectivity index (χ0v) is 17.1. The molecule has 0 saturated heterocycles. The van der Waals surface area contributed by atoms with Gasteiger partial charge in [-0.1, -0.05) is 18.1 Å². The molecule has 3 rings (SSSR count). The fourth-order valence-electron chi connectivity index (χ4n) is 2.69. The lowest BCUT2D eigenvalue weighted by Gasteiger charge is -2.09. The zero-order chi connectivity index (χ0) is 18.2. The SMILES string of the molecule is CCc1cc(-c2c(C)noc2C)cc(S(=O)(=O)c2cnc(CN)s2)c1.Cl. The average molecular weight is 414 g/mol. The maximum absolute atomic E-state index is 13.0. The molecule has 0 aliphatic heterocycles. The molecule has 0 fully saturated rings. The number of nitrogens with zero attached hydrogens (tertiary/aromatic N) is 2. The van der Waals surface area contributed by atoms with E-state index < -0.39 is 9.84 Å². The van der Waals surface area contributed by atoms with Crippen LogP contribution < -0.4 is 5.73 Å². The molecule has 2 heterocycles. The van der Waals surface area contributed by atoms with E-state index in [9.17, 15) is 8.42 Å². The van der Waals surface area contributed by atoms with E-state index in [1.807, 2.05) is 26.8 Å². The molecule has 9 heteroatoms. The van der Waals surface area contributed by atoms with Gasteiger partial charge >= 0.3 is 0 Å². The maximum Gasteiger partial charge on any atom is 0.217 e. The summed E-state index contributed by atoms with van der Waals surface area (Å²) in [5.74, 6) is 0.664. The first-order chi connectivity index (χ1) is 11.9. The van der Waals surface area contributed by atoms with Crippen LogP contribution in [0.15, 0.2) is 38.0 Å². The standard InChI is InChI=1S/C17H19N3O3S2.ClH/c1-4-12-5-13(17-10(2)20-23-11(17)3)7-14(6-12)25(21,22)16-9-19-15(8-18)24-16;/h5-7,9H,4,8,18H2,1-3H3;1H. The van der Waals surface area contributed by atoms with Crippen molar-refractivity contribution >= 4 is 33.6 Å². The molecule has 0 radical (unpaired) electrons. The molecule has 2 N–H and O–H groups in total. The predicted octanol–water partition coefficient (Wildman–Crippen LogP) is 3.69. The monoisotopic (exact) mass is 413 g/mol. The van der Waals surface area contributed by atoms with Crippen LogP contribution in [0.3, 0.4) is 0 Å². The maximum atomic E-state index is 13.0. The van der Waals surface area contributed by atoms with Gasteiger partial charge in [0.2, 0.25) is 9.84 Å². The van der Waals surface area contributed by atoms with E-state index in [4.69, 9.17) is 10.3 Å². The smallest absolute Gasteiger partial charge is 0.217 e. The van der Waals surface area contributed by atoms with Crippen LogP contribution in [0.5, 0.6) is 0 Å². The number of hydrogen-bond donors (Lipinski definition) is 1. The number of rotatable bonds is 5.